The van der Waals surface area contributed by atoms with Crippen LogP contribution in [0, 0.1) is 5.41 Å². The maximum atomic E-state index is 6.72. The molecule has 0 spiro atoms. The minimum atomic E-state index is -0.311. The molecule has 0 saturated carbocycles. The highest BCUT2D eigenvalue weighted by Crippen LogP contribution is 2.46. The molecule has 0 unspecified atom stereocenters. The molecule has 0 bridgehead atoms. The number of hydrogen-bond donors (Lipinski definition) is 1. The topological polar surface area (TPSA) is 26.0 Å². The maximum Gasteiger partial charge on any atom is 0.0286 e. The van der Waals surface area contributed by atoms with Crippen molar-refractivity contribution >= 4 is 12.4 Å². The number of hydrogen-bond acceptors (Lipinski definition) is 1. The first-order valence-electron chi connectivity index (χ1n) is 6.78. The molecule has 0 aromatic rings. The number of halogens is 1. The van der Waals surface area contributed by atoms with Crippen LogP contribution in [0.3, 0.4) is 0 Å². The molecule has 0 amide bonds. The summed E-state index contributed by atoms with van der Waals surface area (Å²) in [5, 5.41) is 0. The normalized spacial score (nSPS) is 11.3. The highest BCUT2D eigenvalue weighted by Gasteiger charge is 2.44. The summed E-state index contributed by atoms with van der Waals surface area (Å²) in [6.07, 6.45) is 13.4. The van der Waals surface area contributed by atoms with Gasteiger partial charge in [-0.05, 0) is 37.5 Å². The number of rotatable bonds is 11. The van der Waals surface area contributed by atoms with E-state index in [1.807, 2.05) is 24.3 Å². The van der Waals surface area contributed by atoms with Gasteiger partial charge >= 0.3 is 0 Å². The van der Waals surface area contributed by atoms with Gasteiger partial charge in [0.2, 0.25) is 0 Å². The Hall–Kier alpha value is -0.790. The van der Waals surface area contributed by atoms with E-state index in [0.717, 1.165) is 38.5 Å². The molecule has 0 saturated heterocycles. The largest absolute Gasteiger partial charge is 0.324 e. The number of allylic oxidation sites excluding steroid dienone is 2. The predicted molar refractivity (Wildman–Crippen MR) is 90.8 cm³/mol. The van der Waals surface area contributed by atoms with Crippen molar-refractivity contribution in [1.29, 1.82) is 0 Å². The molecule has 2 N–H and O–H groups in total. The predicted octanol–water partition coefficient (Wildman–Crippen LogP) is 5.20. The third-order valence-electron chi connectivity index (χ3n) is 3.87. The SMILES string of the molecule is C=CCC(N)(CC=C)C(CC=C)(CC=C)CCC.Cl. The first-order valence-corrected chi connectivity index (χ1v) is 6.78. The summed E-state index contributed by atoms with van der Waals surface area (Å²) in [7, 11) is 0. The van der Waals surface area contributed by atoms with Crippen LogP contribution in [0.2, 0.25) is 0 Å². The zero-order chi connectivity index (χ0) is 14.1. The van der Waals surface area contributed by atoms with E-state index in [1.165, 1.54) is 0 Å². The Morgan fingerprint density at radius 2 is 1.21 bits per heavy atom. The molecule has 2 heteroatoms. The quantitative estimate of drug-likeness (QED) is 0.518. The van der Waals surface area contributed by atoms with Crippen LogP contribution in [0.4, 0.5) is 0 Å². The molecule has 0 aromatic carbocycles. The van der Waals surface area contributed by atoms with Crippen LogP contribution in [0.5, 0.6) is 0 Å². The van der Waals surface area contributed by atoms with Gasteiger partial charge in [-0.2, -0.15) is 0 Å². The summed E-state index contributed by atoms with van der Waals surface area (Å²) in [5.41, 5.74) is 6.42. The van der Waals surface area contributed by atoms with E-state index >= 15 is 0 Å². The van der Waals surface area contributed by atoms with Gasteiger partial charge in [0.1, 0.15) is 0 Å². The van der Waals surface area contributed by atoms with Crippen molar-refractivity contribution in [3.8, 4) is 0 Å². The van der Waals surface area contributed by atoms with Crippen molar-refractivity contribution in [3.63, 3.8) is 0 Å². The second kappa shape index (κ2) is 10.1. The molecule has 0 radical (unpaired) electrons. The average Bonchev–Trinajstić information content (AvgIpc) is 2.30. The van der Waals surface area contributed by atoms with Crippen LogP contribution in [0.25, 0.3) is 0 Å². The summed E-state index contributed by atoms with van der Waals surface area (Å²) in [4.78, 5) is 0. The zero-order valence-corrected chi connectivity index (χ0v) is 13.2. The van der Waals surface area contributed by atoms with Crippen LogP contribution in [-0.4, -0.2) is 5.54 Å². The molecule has 1 nitrogen and oxygen atoms in total. The lowest BCUT2D eigenvalue weighted by atomic mass is 9.60. The molecule has 110 valence electrons. The maximum absolute atomic E-state index is 6.72. The Kier molecular flexibility index (Phi) is 10.9. The molecule has 0 aliphatic rings. The lowest BCUT2D eigenvalue weighted by Gasteiger charge is -2.48. The van der Waals surface area contributed by atoms with Crippen molar-refractivity contribution in [3.05, 3.63) is 50.6 Å². The van der Waals surface area contributed by atoms with E-state index in [0.29, 0.717) is 0 Å². The zero-order valence-electron chi connectivity index (χ0n) is 12.4. The fourth-order valence-corrected chi connectivity index (χ4v) is 3.01. The van der Waals surface area contributed by atoms with Gasteiger partial charge in [0.15, 0.2) is 0 Å². The van der Waals surface area contributed by atoms with E-state index in [2.05, 4.69) is 33.2 Å². The van der Waals surface area contributed by atoms with Gasteiger partial charge in [-0.1, -0.05) is 37.6 Å². The van der Waals surface area contributed by atoms with E-state index in [-0.39, 0.29) is 23.4 Å². The Morgan fingerprint density at radius 3 is 1.47 bits per heavy atom. The molecule has 0 rings (SSSR count). The Labute approximate surface area is 125 Å². The fraction of sp³-hybridized carbons (Fsp3) is 0.529. The van der Waals surface area contributed by atoms with Gasteiger partial charge < -0.3 is 5.73 Å². The second-order valence-corrected chi connectivity index (χ2v) is 5.16. The van der Waals surface area contributed by atoms with E-state index in [4.69, 9.17) is 5.73 Å². The molecule has 0 aliphatic carbocycles. The highest BCUT2D eigenvalue weighted by molar-refractivity contribution is 5.85. The molecular formula is C17H30ClN. The van der Waals surface area contributed by atoms with Crippen molar-refractivity contribution in [2.75, 3.05) is 0 Å². The molecular weight excluding hydrogens is 254 g/mol. The standard InChI is InChI=1S/C17H29N.ClH/c1-6-11-16(12-7-2,13-8-3)17(18,14-9-4)15-10-5;/h6-7,9-10H,1-2,4-5,8,11-15,18H2,3H3;1H. The Balaban J connectivity index is 0. The van der Waals surface area contributed by atoms with Crippen LogP contribution >= 0.6 is 12.4 Å². The van der Waals surface area contributed by atoms with E-state index < -0.39 is 0 Å². The van der Waals surface area contributed by atoms with Gasteiger partial charge in [0.05, 0.1) is 0 Å². The molecule has 0 heterocycles. The first kappa shape index (κ1) is 20.5. The monoisotopic (exact) mass is 283 g/mol. The van der Waals surface area contributed by atoms with Crippen molar-refractivity contribution in [2.24, 2.45) is 11.1 Å². The van der Waals surface area contributed by atoms with E-state index in [9.17, 15) is 0 Å². The Morgan fingerprint density at radius 1 is 0.842 bits per heavy atom. The van der Waals surface area contributed by atoms with Crippen molar-refractivity contribution in [2.45, 2.75) is 51.0 Å². The van der Waals surface area contributed by atoms with Gasteiger partial charge in [-0.3, -0.25) is 0 Å². The third-order valence-corrected chi connectivity index (χ3v) is 3.87. The summed E-state index contributed by atoms with van der Waals surface area (Å²) >= 11 is 0. The van der Waals surface area contributed by atoms with Gasteiger partial charge in [0, 0.05) is 5.54 Å². The lowest BCUT2D eigenvalue weighted by molar-refractivity contribution is 0.111. The van der Waals surface area contributed by atoms with Crippen LogP contribution < -0.4 is 5.73 Å². The minimum absolute atomic E-state index is 0. The van der Waals surface area contributed by atoms with Crippen molar-refractivity contribution < 1.29 is 0 Å². The van der Waals surface area contributed by atoms with Crippen LogP contribution in [0.1, 0.15) is 45.4 Å². The molecule has 0 aliphatic heterocycles. The summed E-state index contributed by atoms with van der Waals surface area (Å²) in [6.45, 7) is 17.7. The fourth-order valence-electron chi connectivity index (χ4n) is 3.01. The van der Waals surface area contributed by atoms with Crippen LogP contribution in [-0.2, 0) is 0 Å². The smallest absolute Gasteiger partial charge is 0.0286 e. The summed E-state index contributed by atoms with van der Waals surface area (Å²) in [6, 6.07) is 0. The van der Waals surface area contributed by atoms with Gasteiger partial charge in [-0.15, -0.1) is 38.7 Å². The summed E-state index contributed by atoms with van der Waals surface area (Å²) < 4.78 is 0. The van der Waals surface area contributed by atoms with E-state index in [1.54, 1.807) is 0 Å². The molecule has 0 fully saturated rings. The van der Waals surface area contributed by atoms with Gasteiger partial charge in [0.25, 0.3) is 0 Å². The summed E-state index contributed by atoms with van der Waals surface area (Å²) in [5.74, 6) is 0. The molecule has 0 aromatic heterocycles. The number of nitrogens with two attached hydrogens (primary N) is 1. The third kappa shape index (κ3) is 5.00. The first-order chi connectivity index (χ1) is 8.55. The average molecular weight is 284 g/mol. The molecule has 0 atom stereocenters. The molecule has 19 heavy (non-hydrogen) atoms. The highest BCUT2D eigenvalue weighted by atomic mass is 35.5. The Bertz CT molecular complexity index is 274. The lowest BCUT2D eigenvalue weighted by Crippen LogP contribution is -2.54. The second-order valence-electron chi connectivity index (χ2n) is 5.16. The van der Waals surface area contributed by atoms with Crippen LogP contribution in [0.15, 0.2) is 50.6 Å². The minimum Gasteiger partial charge on any atom is -0.324 e. The van der Waals surface area contributed by atoms with Crippen molar-refractivity contribution in [1.82, 2.24) is 0 Å². The van der Waals surface area contributed by atoms with Gasteiger partial charge in [-0.25, -0.2) is 0 Å².